The lowest BCUT2D eigenvalue weighted by atomic mass is 9.97. The van der Waals surface area contributed by atoms with Crippen molar-refractivity contribution >= 4 is 0 Å². The van der Waals surface area contributed by atoms with Gasteiger partial charge >= 0.3 is 0 Å². The van der Waals surface area contributed by atoms with Gasteiger partial charge in [-0.05, 0) is 6.92 Å². The molecule has 22 heavy (non-hydrogen) atoms. The van der Waals surface area contributed by atoms with Crippen LogP contribution in [0.1, 0.15) is 6.92 Å². The standard InChI is InChI=1S/C12H22O10/c1-3-5(14)10(9(18)11(19)20-3)22-12-8(17)7(16)6(15)4(2-13)21-12/h3-19H,2H2,1H3/t3-,4+,5+,6+,7-,8+,9-,10+,11+,12-/m0/s1. The molecule has 0 radical (unpaired) electrons. The Kier molecular flexibility index (Phi) is 5.72. The van der Waals surface area contributed by atoms with Crippen LogP contribution in [-0.4, -0.2) is 104 Å². The van der Waals surface area contributed by atoms with Gasteiger partial charge in [0, 0.05) is 0 Å². The van der Waals surface area contributed by atoms with E-state index in [0.717, 1.165) is 0 Å². The second-order valence-corrected chi connectivity index (χ2v) is 5.51. The Hall–Kier alpha value is -0.400. The molecule has 2 aliphatic heterocycles. The fourth-order valence-electron chi connectivity index (χ4n) is 2.51. The van der Waals surface area contributed by atoms with Crippen molar-refractivity contribution in [3.63, 3.8) is 0 Å². The van der Waals surface area contributed by atoms with Crippen molar-refractivity contribution in [1.82, 2.24) is 0 Å². The van der Waals surface area contributed by atoms with Gasteiger partial charge in [0.2, 0.25) is 0 Å². The lowest BCUT2D eigenvalue weighted by molar-refractivity contribution is -0.353. The predicted octanol–water partition coefficient (Wildman–Crippen LogP) is -4.37. The SMILES string of the molecule is C[C@@H]1O[C@@H](O)[C@@H](O)[C@H](O[C@@H]2O[C@H](CO)[C@@H](O)[C@H](O)[C@H]2O)[C@@H]1O. The van der Waals surface area contributed by atoms with Gasteiger partial charge in [-0.2, -0.15) is 0 Å². The van der Waals surface area contributed by atoms with Crippen molar-refractivity contribution in [2.45, 2.75) is 68.3 Å². The molecule has 2 rings (SSSR count). The molecule has 0 spiro atoms. The van der Waals surface area contributed by atoms with Crippen molar-refractivity contribution in [3.8, 4) is 0 Å². The van der Waals surface area contributed by atoms with Gasteiger partial charge in [-0.15, -0.1) is 0 Å². The molecule has 7 N–H and O–H groups in total. The van der Waals surface area contributed by atoms with E-state index in [9.17, 15) is 30.6 Å². The quantitative estimate of drug-likeness (QED) is 0.269. The molecular weight excluding hydrogens is 304 g/mol. The molecule has 10 atom stereocenters. The molecule has 10 heteroatoms. The van der Waals surface area contributed by atoms with Gasteiger partial charge in [0.1, 0.15) is 42.7 Å². The van der Waals surface area contributed by atoms with Crippen LogP contribution in [0.4, 0.5) is 0 Å². The van der Waals surface area contributed by atoms with Gasteiger partial charge in [0.25, 0.3) is 0 Å². The van der Waals surface area contributed by atoms with Crippen molar-refractivity contribution in [2.24, 2.45) is 0 Å². The molecular formula is C12H22O10. The molecule has 2 heterocycles. The monoisotopic (exact) mass is 326 g/mol. The van der Waals surface area contributed by atoms with Crippen molar-refractivity contribution < 1.29 is 50.0 Å². The maximum atomic E-state index is 9.96. The van der Waals surface area contributed by atoms with E-state index in [2.05, 4.69) is 0 Å². The third-order valence-electron chi connectivity index (χ3n) is 3.94. The van der Waals surface area contributed by atoms with Gasteiger partial charge < -0.3 is 50.0 Å². The van der Waals surface area contributed by atoms with Crippen LogP contribution in [0.15, 0.2) is 0 Å². The molecule has 0 aliphatic carbocycles. The summed E-state index contributed by atoms with van der Waals surface area (Å²) in [7, 11) is 0. The average Bonchev–Trinajstić information content (AvgIpc) is 2.49. The molecule has 0 amide bonds. The van der Waals surface area contributed by atoms with E-state index < -0.39 is 68.0 Å². The zero-order valence-electron chi connectivity index (χ0n) is 11.8. The van der Waals surface area contributed by atoms with Crippen molar-refractivity contribution in [1.29, 1.82) is 0 Å². The molecule has 130 valence electrons. The summed E-state index contributed by atoms with van der Waals surface area (Å²) < 4.78 is 15.3. The predicted molar refractivity (Wildman–Crippen MR) is 67.2 cm³/mol. The zero-order valence-corrected chi connectivity index (χ0v) is 11.8. The van der Waals surface area contributed by atoms with Crippen LogP contribution in [0, 0.1) is 0 Å². The van der Waals surface area contributed by atoms with E-state index in [4.69, 9.17) is 19.3 Å². The van der Waals surface area contributed by atoms with Gasteiger partial charge in [-0.3, -0.25) is 0 Å². The van der Waals surface area contributed by atoms with Crippen molar-refractivity contribution in [2.75, 3.05) is 6.61 Å². The maximum absolute atomic E-state index is 9.96. The first kappa shape index (κ1) is 17.9. The average molecular weight is 326 g/mol. The summed E-state index contributed by atoms with van der Waals surface area (Å²) in [6.45, 7) is 0.812. The van der Waals surface area contributed by atoms with E-state index in [-0.39, 0.29) is 0 Å². The summed E-state index contributed by atoms with van der Waals surface area (Å²) in [5, 5.41) is 67.6. The number of hydrogen-bond acceptors (Lipinski definition) is 10. The highest BCUT2D eigenvalue weighted by Gasteiger charge is 2.49. The van der Waals surface area contributed by atoms with E-state index in [1.807, 2.05) is 0 Å². The summed E-state index contributed by atoms with van der Waals surface area (Å²) in [4.78, 5) is 0. The Balaban J connectivity index is 2.10. The first-order chi connectivity index (χ1) is 10.3. The van der Waals surface area contributed by atoms with Gasteiger partial charge in [0.15, 0.2) is 12.6 Å². The number of rotatable bonds is 3. The van der Waals surface area contributed by atoms with Crippen LogP contribution in [0.25, 0.3) is 0 Å². The van der Waals surface area contributed by atoms with E-state index in [1.165, 1.54) is 6.92 Å². The summed E-state index contributed by atoms with van der Waals surface area (Å²) in [5.41, 5.74) is 0. The van der Waals surface area contributed by atoms with Gasteiger partial charge in [-0.25, -0.2) is 0 Å². The Morgan fingerprint density at radius 3 is 2.05 bits per heavy atom. The summed E-state index contributed by atoms with van der Waals surface area (Å²) >= 11 is 0. The van der Waals surface area contributed by atoms with Crippen LogP contribution in [0.2, 0.25) is 0 Å². The fourth-order valence-corrected chi connectivity index (χ4v) is 2.51. The second kappa shape index (κ2) is 7.01. The molecule has 2 fully saturated rings. The molecule has 2 aliphatic rings. The third kappa shape index (κ3) is 3.26. The largest absolute Gasteiger partial charge is 0.394 e. The Morgan fingerprint density at radius 2 is 1.45 bits per heavy atom. The third-order valence-corrected chi connectivity index (χ3v) is 3.94. The summed E-state index contributed by atoms with van der Waals surface area (Å²) in [6, 6.07) is 0. The van der Waals surface area contributed by atoms with Crippen LogP contribution in [-0.2, 0) is 14.2 Å². The van der Waals surface area contributed by atoms with Gasteiger partial charge in [-0.1, -0.05) is 0 Å². The topological polar surface area (TPSA) is 169 Å². The Bertz CT molecular complexity index is 352. The summed E-state index contributed by atoms with van der Waals surface area (Å²) in [5.74, 6) is 0. The minimum Gasteiger partial charge on any atom is -0.394 e. The van der Waals surface area contributed by atoms with Gasteiger partial charge in [0.05, 0.1) is 12.7 Å². The first-order valence-corrected chi connectivity index (χ1v) is 6.93. The molecule has 0 aromatic rings. The lowest BCUT2D eigenvalue weighted by Gasteiger charge is -2.44. The highest BCUT2D eigenvalue weighted by Crippen LogP contribution is 2.28. The molecule has 0 aromatic carbocycles. The Morgan fingerprint density at radius 1 is 0.818 bits per heavy atom. The molecule has 10 nitrogen and oxygen atoms in total. The number of hydrogen-bond donors (Lipinski definition) is 7. The molecule has 0 bridgehead atoms. The number of aliphatic hydroxyl groups is 7. The second-order valence-electron chi connectivity index (χ2n) is 5.51. The van der Waals surface area contributed by atoms with E-state index in [0.29, 0.717) is 0 Å². The minimum absolute atomic E-state index is 0.636. The fraction of sp³-hybridized carbons (Fsp3) is 1.00. The highest BCUT2D eigenvalue weighted by molar-refractivity contribution is 4.92. The zero-order chi connectivity index (χ0) is 16.6. The van der Waals surface area contributed by atoms with E-state index >= 15 is 0 Å². The number of aliphatic hydroxyl groups excluding tert-OH is 7. The van der Waals surface area contributed by atoms with Crippen molar-refractivity contribution in [3.05, 3.63) is 0 Å². The summed E-state index contributed by atoms with van der Waals surface area (Å²) in [6.07, 6.45) is -14.3. The molecule has 2 saturated heterocycles. The van der Waals surface area contributed by atoms with Crippen LogP contribution in [0.5, 0.6) is 0 Å². The van der Waals surface area contributed by atoms with Crippen LogP contribution < -0.4 is 0 Å². The normalized spacial score (nSPS) is 53.5. The smallest absolute Gasteiger partial charge is 0.187 e. The van der Waals surface area contributed by atoms with E-state index in [1.54, 1.807) is 0 Å². The van der Waals surface area contributed by atoms with Crippen LogP contribution >= 0.6 is 0 Å². The lowest BCUT2D eigenvalue weighted by Crippen LogP contribution is -2.63. The Labute approximate surface area is 126 Å². The number of ether oxygens (including phenoxy) is 3. The molecule has 0 aromatic heterocycles. The molecule has 0 saturated carbocycles. The van der Waals surface area contributed by atoms with Crippen LogP contribution in [0.3, 0.4) is 0 Å². The maximum Gasteiger partial charge on any atom is 0.187 e. The molecule has 0 unspecified atom stereocenters. The highest BCUT2D eigenvalue weighted by atomic mass is 16.7. The first-order valence-electron chi connectivity index (χ1n) is 6.93. The minimum atomic E-state index is -1.67.